The first-order chi connectivity index (χ1) is 14.1. The largest absolute Gasteiger partial charge is 0.348 e. The van der Waals surface area contributed by atoms with Gasteiger partial charge in [-0.1, -0.05) is 84.9 Å². The molecule has 3 aromatic rings. The number of hydrogen-bond donors (Lipinski definition) is 0. The molecule has 0 bridgehead atoms. The van der Waals surface area contributed by atoms with Crippen LogP contribution in [-0.4, -0.2) is 17.0 Å². The first-order valence-electron chi connectivity index (χ1n) is 10.5. The van der Waals surface area contributed by atoms with E-state index in [2.05, 4.69) is 128 Å². The Balaban J connectivity index is 1.66. The molecule has 29 heavy (non-hydrogen) atoms. The fourth-order valence-corrected chi connectivity index (χ4v) is 5.47. The van der Waals surface area contributed by atoms with E-state index < -0.39 is 0 Å². The molecule has 0 saturated carbocycles. The first kappa shape index (κ1) is 18.1. The van der Waals surface area contributed by atoms with Crippen molar-refractivity contribution >= 4 is 5.69 Å². The van der Waals surface area contributed by atoms with E-state index in [9.17, 15) is 0 Å². The van der Waals surface area contributed by atoms with Crippen LogP contribution in [-0.2, 0) is 5.41 Å². The molecule has 0 aromatic heterocycles. The zero-order valence-corrected chi connectivity index (χ0v) is 17.4. The highest BCUT2D eigenvalue weighted by molar-refractivity contribution is 5.59. The Labute approximate surface area is 174 Å². The van der Waals surface area contributed by atoms with E-state index in [1.54, 1.807) is 0 Å². The number of hydrogen-bond acceptors (Lipinski definition) is 2. The highest BCUT2D eigenvalue weighted by Gasteiger charge is 2.54. The molecule has 0 spiro atoms. The van der Waals surface area contributed by atoms with Gasteiger partial charge >= 0.3 is 0 Å². The van der Waals surface area contributed by atoms with Crippen LogP contribution in [0.3, 0.4) is 0 Å². The van der Waals surface area contributed by atoms with Gasteiger partial charge in [-0.05, 0) is 49.7 Å². The van der Waals surface area contributed by atoms with Gasteiger partial charge in [0.25, 0.3) is 0 Å². The lowest BCUT2D eigenvalue weighted by atomic mass is 9.75. The third kappa shape index (κ3) is 2.70. The van der Waals surface area contributed by atoms with Gasteiger partial charge in [0.05, 0.1) is 12.1 Å². The monoisotopic (exact) mass is 380 g/mol. The maximum Gasteiger partial charge on any atom is 0.128 e. The predicted molar refractivity (Wildman–Crippen MR) is 121 cm³/mol. The molecule has 2 heterocycles. The van der Waals surface area contributed by atoms with Crippen molar-refractivity contribution < 1.29 is 0 Å². The van der Waals surface area contributed by atoms with Crippen LogP contribution in [0.4, 0.5) is 5.69 Å². The van der Waals surface area contributed by atoms with Crippen molar-refractivity contribution in [3.8, 4) is 0 Å². The minimum atomic E-state index is -0.0227. The van der Waals surface area contributed by atoms with Gasteiger partial charge < -0.3 is 9.80 Å². The van der Waals surface area contributed by atoms with Crippen LogP contribution < -0.4 is 4.90 Å². The van der Waals surface area contributed by atoms with Gasteiger partial charge in [0.1, 0.15) is 6.17 Å². The smallest absolute Gasteiger partial charge is 0.128 e. The number of para-hydroxylation sites is 1. The molecule has 0 amide bonds. The van der Waals surface area contributed by atoms with Crippen LogP contribution in [0.15, 0.2) is 97.2 Å². The van der Waals surface area contributed by atoms with Gasteiger partial charge in [-0.15, -0.1) is 0 Å². The third-order valence-corrected chi connectivity index (χ3v) is 6.86. The number of fused-ring (bicyclic) bond motifs is 1. The zero-order valence-electron chi connectivity index (χ0n) is 17.4. The molecule has 1 fully saturated rings. The molecule has 2 nitrogen and oxygen atoms in total. The molecule has 2 aliphatic heterocycles. The van der Waals surface area contributed by atoms with E-state index in [-0.39, 0.29) is 11.6 Å². The van der Waals surface area contributed by atoms with E-state index in [1.165, 1.54) is 22.4 Å². The van der Waals surface area contributed by atoms with Crippen molar-refractivity contribution in [2.45, 2.75) is 44.4 Å². The number of aryl methyl sites for hydroxylation is 1. The summed E-state index contributed by atoms with van der Waals surface area (Å²) in [4.78, 5) is 5.21. The Kier molecular flexibility index (Phi) is 4.24. The maximum atomic E-state index is 2.63. The van der Waals surface area contributed by atoms with E-state index in [4.69, 9.17) is 0 Å². The Morgan fingerprint density at radius 3 is 2.10 bits per heavy atom. The number of benzene rings is 3. The highest BCUT2D eigenvalue weighted by Crippen LogP contribution is 2.51. The fourth-order valence-electron chi connectivity index (χ4n) is 5.47. The van der Waals surface area contributed by atoms with Gasteiger partial charge in [0.2, 0.25) is 0 Å². The zero-order chi connectivity index (χ0) is 20.0. The summed E-state index contributed by atoms with van der Waals surface area (Å²) in [5.74, 6) is 0. The molecule has 0 aliphatic carbocycles. The number of anilines is 1. The summed E-state index contributed by atoms with van der Waals surface area (Å²) in [6.45, 7) is 7.00. The molecular formula is C27H28N2. The minimum absolute atomic E-state index is 0.0227. The van der Waals surface area contributed by atoms with Crippen molar-refractivity contribution in [3.63, 3.8) is 0 Å². The summed E-state index contributed by atoms with van der Waals surface area (Å²) in [7, 11) is 0. The molecule has 2 heteroatoms. The Morgan fingerprint density at radius 2 is 1.41 bits per heavy atom. The van der Waals surface area contributed by atoms with Crippen LogP contribution in [0.5, 0.6) is 0 Å². The second-order valence-corrected chi connectivity index (χ2v) is 8.58. The minimum Gasteiger partial charge on any atom is -0.348 e. The second kappa shape index (κ2) is 6.81. The standard InChI is InChI=1S/C27H28N2/c1-20-12-10-11-17-24(20)29-21(2)25-27(3,23-15-8-5-9-16-23)18-19-28(25)26(29)22-13-6-4-7-14-22/h4-19,21,25-26H,1-3H3/t21-,25?,26?,27?/m0/s1. The van der Waals surface area contributed by atoms with E-state index in [0.717, 1.165) is 0 Å². The van der Waals surface area contributed by atoms with Gasteiger partial charge in [-0.25, -0.2) is 0 Å². The summed E-state index contributed by atoms with van der Waals surface area (Å²) >= 11 is 0. The molecule has 3 aromatic carbocycles. The molecule has 1 saturated heterocycles. The molecule has 5 rings (SSSR count). The summed E-state index contributed by atoms with van der Waals surface area (Å²) in [5, 5.41) is 0. The van der Waals surface area contributed by atoms with Gasteiger partial charge in [-0.3, -0.25) is 0 Å². The lowest BCUT2D eigenvalue weighted by molar-refractivity contribution is 0.243. The molecule has 0 N–H and O–H groups in total. The summed E-state index contributed by atoms with van der Waals surface area (Å²) in [6.07, 6.45) is 4.94. The predicted octanol–water partition coefficient (Wildman–Crippen LogP) is 6.06. The lowest BCUT2D eigenvalue weighted by Crippen LogP contribution is -2.45. The van der Waals surface area contributed by atoms with Crippen LogP contribution >= 0.6 is 0 Å². The Bertz CT molecular complexity index is 1030. The van der Waals surface area contributed by atoms with Crippen molar-refractivity contribution in [2.24, 2.45) is 0 Å². The van der Waals surface area contributed by atoms with E-state index >= 15 is 0 Å². The summed E-state index contributed by atoms with van der Waals surface area (Å²) in [5.41, 5.74) is 5.35. The summed E-state index contributed by atoms with van der Waals surface area (Å²) in [6, 6.07) is 31.4. The van der Waals surface area contributed by atoms with Gasteiger partial charge in [-0.2, -0.15) is 0 Å². The quantitative estimate of drug-likeness (QED) is 0.545. The summed E-state index contributed by atoms with van der Waals surface area (Å²) < 4.78 is 0. The normalized spacial score (nSPS) is 28.0. The molecule has 146 valence electrons. The van der Waals surface area contributed by atoms with Gasteiger partial charge in [0.15, 0.2) is 0 Å². The Morgan fingerprint density at radius 1 is 0.793 bits per heavy atom. The number of rotatable bonds is 3. The lowest BCUT2D eigenvalue weighted by Gasteiger charge is -2.35. The average molecular weight is 381 g/mol. The van der Waals surface area contributed by atoms with Crippen molar-refractivity contribution in [1.29, 1.82) is 0 Å². The topological polar surface area (TPSA) is 6.48 Å². The van der Waals surface area contributed by atoms with Crippen LogP contribution in [0.25, 0.3) is 0 Å². The van der Waals surface area contributed by atoms with Crippen LogP contribution in [0, 0.1) is 6.92 Å². The van der Waals surface area contributed by atoms with Crippen molar-refractivity contribution in [2.75, 3.05) is 4.90 Å². The third-order valence-electron chi connectivity index (χ3n) is 6.86. The SMILES string of the molecule is Cc1ccccc1N1C(c2ccccc2)N2C=CC(C)(c3ccccc3)C2[C@@H]1C. The fraction of sp³-hybridized carbons (Fsp3) is 0.259. The van der Waals surface area contributed by atoms with Gasteiger partial charge in [0, 0.05) is 11.1 Å². The number of nitrogens with zero attached hydrogens (tertiary/aromatic N) is 2. The Hall–Kier alpha value is -3.00. The second-order valence-electron chi connectivity index (χ2n) is 8.58. The van der Waals surface area contributed by atoms with Crippen molar-refractivity contribution in [3.05, 3.63) is 114 Å². The highest BCUT2D eigenvalue weighted by atomic mass is 15.5. The van der Waals surface area contributed by atoms with Crippen LogP contribution in [0.2, 0.25) is 0 Å². The van der Waals surface area contributed by atoms with E-state index in [1.807, 2.05) is 0 Å². The maximum absolute atomic E-state index is 2.63. The molecule has 4 atom stereocenters. The van der Waals surface area contributed by atoms with E-state index in [0.29, 0.717) is 12.1 Å². The molecule has 3 unspecified atom stereocenters. The van der Waals surface area contributed by atoms with Crippen molar-refractivity contribution in [1.82, 2.24) is 4.90 Å². The first-order valence-corrected chi connectivity index (χ1v) is 10.5. The molecule has 2 aliphatic rings. The van der Waals surface area contributed by atoms with Crippen LogP contribution in [0.1, 0.15) is 36.7 Å². The molecule has 0 radical (unpaired) electrons. The molecular weight excluding hydrogens is 352 g/mol. The average Bonchev–Trinajstić information content (AvgIpc) is 3.26.